The molecule has 3 N–H and O–H groups in total. The molecule has 1 rings (SSSR count). The number of hydrogen-bond acceptors (Lipinski definition) is 3. The minimum Gasteiger partial charge on any atom is -0.387 e. The predicted molar refractivity (Wildman–Crippen MR) is 36.3 cm³/mol. The van der Waals surface area contributed by atoms with Crippen LogP contribution in [0.15, 0.2) is 24.3 Å². The summed E-state index contributed by atoms with van der Waals surface area (Å²) in [6.45, 7) is 0. The smallest absolute Gasteiger partial charge is 0.113 e. The van der Waals surface area contributed by atoms with Gasteiger partial charge in [-0.15, -0.1) is 0 Å². The summed E-state index contributed by atoms with van der Waals surface area (Å²) in [6.07, 6.45) is 2.99. The van der Waals surface area contributed by atoms with Gasteiger partial charge in [-0.25, -0.2) is 0 Å². The average molecular weight is 142 g/mol. The van der Waals surface area contributed by atoms with Crippen LogP contribution in [0.3, 0.4) is 0 Å². The first kappa shape index (κ1) is 7.47. The maximum absolute atomic E-state index is 9.02. The molecule has 0 aromatic heterocycles. The molecule has 10 heavy (non-hydrogen) atoms. The molecule has 0 aromatic carbocycles. The van der Waals surface area contributed by atoms with E-state index < -0.39 is 18.3 Å². The van der Waals surface area contributed by atoms with Crippen molar-refractivity contribution in [3.63, 3.8) is 0 Å². The van der Waals surface area contributed by atoms with Gasteiger partial charge in [0.2, 0.25) is 0 Å². The van der Waals surface area contributed by atoms with E-state index in [1.807, 2.05) is 0 Å². The van der Waals surface area contributed by atoms with Crippen LogP contribution in [0.25, 0.3) is 0 Å². The molecule has 56 valence electrons. The molecule has 3 heteroatoms. The summed E-state index contributed by atoms with van der Waals surface area (Å²) in [6, 6.07) is 0. The molecular formula is C7H10O3. The van der Waals surface area contributed by atoms with Gasteiger partial charge in [0.25, 0.3) is 0 Å². The topological polar surface area (TPSA) is 60.7 Å². The summed E-state index contributed by atoms with van der Waals surface area (Å²) in [5, 5.41) is 27.0. The average Bonchev–Trinajstić information content (AvgIpc) is 2.04. The van der Waals surface area contributed by atoms with Crippen molar-refractivity contribution in [1.29, 1.82) is 0 Å². The lowest BCUT2D eigenvalue weighted by molar-refractivity contribution is -0.0201. The molecule has 2 unspecified atom stereocenters. The van der Waals surface area contributed by atoms with E-state index in [0.29, 0.717) is 0 Å². The first-order chi connectivity index (χ1) is 4.72. The molecule has 0 radical (unpaired) electrons. The standard InChI is InChI=1S/C7H10O3/c8-5-3-1-2-4-6(9)7(5)10/h1-10H. The molecule has 0 amide bonds. The van der Waals surface area contributed by atoms with Gasteiger partial charge in [-0.3, -0.25) is 0 Å². The van der Waals surface area contributed by atoms with Crippen molar-refractivity contribution in [1.82, 2.24) is 0 Å². The molecule has 0 heterocycles. The van der Waals surface area contributed by atoms with Crippen LogP contribution in [0.1, 0.15) is 0 Å². The van der Waals surface area contributed by atoms with E-state index in [-0.39, 0.29) is 0 Å². The lowest BCUT2D eigenvalue weighted by Gasteiger charge is -2.15. The van der Waals surface area contributed by atoms with E-state index in [1.54, 1.807) is 12.2 Å². The van der Waals surface area contributed by atoms with Crippen molar-refractivity contribution in [2.24, 2.45) is 0 Å². The Morgan fingerprint density at radius 2 is 1.20 bits per heavy atom. The zero-order chi connectivity index (χ0) is 7.56. The van der Waals surface area contributed by atoms with Gasteiger partial charge in [0.15, 0.2) is 0 Å². The fraction of sp³-hybridized carbons (Fsp3) is 0.429. The van der Waals surface area contributed by atoms with Gasteiger partial charge in [0, 0.05) is 0 Å². The lowest BCUT2D eigenvalue weighted by atomic mass is 10.1. The van der Waals surface area contributed by atoms with Crippen molar-refractivity contribution in [3.05, 3.63) is 24.3 Å². The van der Waals surface area contributed by atoms with E-state index in [1.165, 1.54) is 12.2 Å². The Morgan fingerprint density at radius 1 is 0.800 bits per heavy atom. The molecule has 1 aliphatic carbocycles. The van der Waals surface area contributed by atoms with Crippen LogP contribution in [0.4, 0.5) is 0 Å². The molecule has 0 fully saturated rings. The van der Waals surface area contributed by atoms with Crippen LogP contribution in [0.5, 0.6) is 0 Å². The summed E-state index contributed by atoms with van der Waals surface area (Å²) >= 11 is 0. The fourth-order valence-corrected chi connectivity index (χ4v) is 0.786. The first-order valence-corrected chi connectivity index (χ1v) is 3.11. The van der Waals surface area contributed by atoms with E-state index in [9.17, 15) is 0 Å². The highest BCUT2D eigenvalue weighted by molar-refractivity contribution is 5.13. The van der Waals surface area contributed by atoms with Gasteiger partial charge in [-0.05, 0) is 0 Å². The third-order valence-corrected chi connectivity index (χ3v) is 1.43. The van der Waals surface area contributed by atoms with Crippen LogP contribution < -0.4 is 0 Å². The van der Waals surface area contributed by atoms with Crippen molar-refractivity contribution < 1.29 is 15.3 Å². The molecular weight excluding hydrogens is 132 g/mol. The Hall–Kier alpha value is -0.640. The minimum atomic E-state index is -1.10. The third-order valence-electron chi connectivity index (χ3n) is 1.43. The Morgan fingerprint density at radius 3 is 1.60 bits per heavy atom. The molecule has 0 saturated heterocycles. The van der Waals surface area contributed by atoms with Crippen molar-refractivity contribution in [3.8, 4) is 0 Å². The number of rotatable bonds is 0. The molecule has 0 saturated carbocycles. The van der Waals surface area contributed by atoms with Crippen LogP contribution in [0, 0.1) is 0 Å². The van der Waals surface area contributed by atoms with Crippen molar-refractivity contribution in [2.75, 3.05) is 0 Å². The first-order valence-electron chi connectivity index (χ1n) is 3.11. The highest BCUT2D eigenvalue weighted by atomic mass is 16.4. The number of allylic oxidation sites excluding steroid dienone is 2. The number of aliphatic hydroxyl groups excluding tert-OH is 3. The molecule has 3 nitrogen and oxygen atoms in total. The Bertz CT molecular complexity index is 144. The molecule has 1 aliphatic rings. The summed E-state index contributed by atoms with van der Waals surface area (Å²) in [5.41, 5.74) is 0. The Balaban J connectivity index is 2.69. The maximum atomic E-state index is 9.02. The van der Waals surface area contributed by atoms with Gasteiger partial charge in [-0.2, -0.15) is 0 Å². The maximum Gasteiger partial charge on any atom is 0.113 e. The molecule has 0 aromatic rings. The van der Waals surface area contributed by atoms with E-state index in [4.69, 9.17) is 15.3 Å². The van der Waals surface area contributed by atoms with Crippen LogP contribution >= 0.6 is 0 Å². The number of aliphatic hydroxyl groups is 3. The van der Waals surface area contributed by atoms with E-state index in [0.717, 1.165) is 0 Å². The highest BCUT2D eigenvalue weighted by Crippen LogP contribution is 2.06. The summed E-state index contributed by atoms with van der Waals surface area (Å²) < 4.78 is 0. The molecule has 0 aliphatic heterocycles. The van der Waals surface area contributed by atoms with Gasteiger partial charge in [0.1, 0.15) is 18.3 Å². The summed E-state index contributed by atoms with van der Waals surface area (Å²) in [7, 11) is 0. The minimum absolute atomic E-state index is 0.968. The van der Waals surface area contributed by atoms with E-state index >= 15 is 0 Å². The monoisotopic (exact) mass is 142 g/mol. The zero-order valence-electron chi connectivity index (χ0n) is 5.38. The second kappa shape index (κ2) is 2.96. The molecule has 0 spiro atoms. The van der Waals surface area contributed by atoms with Gasteiger partial charge < -0.3 is 15.3 Å². The summed E-state index contributed by atoms with van der Waals surface area (Å²) in [5.74, 6) is 0. The van der Waals surface area contributed by atoms with Gasteiger partial charge >= 0.3 is 0 Å². The molecule has 0 bridgehead atoms. The second-order valence-electron chi connectivity index (χ2n) is 2.24. The SMILES string of the molecule is OC1C=CC=CC(O)C1O. The lowest BCUT2D eigenvalue weighted by Crippen LogP contribution is -2.34. The van der Waals surface area contributed by atoms with Gasteiger partial charge in [-0.1, -0.05) is 24.3 Å². The van der Waals surface area contributed by atoms with Gasteiger partial charge in [0.05, 0.1) is 0 Å². The van der Waals surface area contributed by atoms with Crippen molar-refractivity contribution in [2.45, 2.75) is 18.3 Å². The number of hydrogen-bond donors (Lipinski definition) is 3. The van der Waals surface area contributed by atoms with Crippen LogP contribution in [-0.2, 0) is 0 Å². The predicted octanol–water partition coefficient (Wildman–Crippen LogP) is -0.805. The summed E-state index contributed by atoms with van der Waals surface area (Å²) in [4.78, 5) is 0. The highest BCUT2D eigenvalue weighted by Gasteiger charge is 2.21. The molecule has 2 atom stereocenters. The van der Waals surface area contributed by atoms with Crippen molar-refractivity contribution >= 4 is 0 Å². The third kappa shape index (κ3) is 1.44. The van der Waals surface area contributed by atoms with Crippen LogP contribution in [-0.4, -0.2) is 33.6 Å². The Kier molecular flexibility index (Phi) is 2.21. The largest absolute Gasteiger partial charge is 0.387 e. The van der Waals surface area contributed by atoms with Crippen LogP contribution in [0.2, 0.25) is 0 Å². The van der Waals surface area contributed by atoms with E-state index in [2.05, 4.69) is 0 Å². The normalized spacial score (nSPS) is 39.7. The Labute approximate surface area is 58.9 Å². The second-order valence-corrected chi connectivity index (χ2v) is 2.24. The quantitative estimate of drug-likeness (QED) is 0.415. The zero-order valence-corrected chi connectivity index (χ0v) is 5.38. The fourth-order valence-electron chi connectivity index (χ4n) is 0.786.